The van der Waals surface area contributed by atoms with E-state index in [4.69, 9.17) is 11.6 Å². The average Bonchev–Trinajstić information content (AvgIpc) is 2.97. The zero-order chi connectivity index (χ0) is 15.3. The first-order valence-electron chi connectivity index (χ1n) is 6.54. The van der Waals surface area contributed by atoms with E-state index in [1.54, 1.807) is 12.1 Å². The third-order valence-corrected chi connectivity index (χ3v) is 5.55. The Kier molecular flexibility index (Phi) is 5.78. The molecule has 0 spiro atoms. The number of rotatable bonds is 7. The monoisotopic (exact) mass is 344 g/mol. The lowest BCUT2D eigenvalue weighted by atomic mass is 10.2. The maximum atomic E-state index is 12.3. The SMILES string of the molecule is CCNCc1cc(S(=O)(=O)NCc2cccs2)ccc1Cl. The number of benzene rings is 1. The van der Waals surface area contributed by atoms with Gasteiger partial charge in [-0.2, -0.15) is 0 Å². The first kappa shape index (κ1) is 16.5. The molecule has 0 amide bonds. The van der Waals surface area contributed by atoms with Crippen LogP contribution in [0, 0.1) is 0 Å². The molecule has 0 atom stereocenters. The molecule has 0 fully saturated rings. The highest BCUT2D eigenvalue weighted by Crippen LogP contribution is 2.21. The van der Waals surface area contributed by atoms with Crippen LogP contribution in [0.5, 0.6) is 0 Å². The van der Waals surface area contributed by atoms with E-state index >= 15 is 0 Å². The average molecular weight is 345 g/mol. The second-order valence-corrected chi connectivity index (χ2v) is 7.64. The van der Waals surface area contributed by atoms with Gasteiger partial charge < -0.3 is 5.32 Å². The minimum atomic E-state index is -3.53. The summed E-state index contributed by atoms with van der Waals surface area (Å²) in [6, 6.07) is 8.54. The van der Waals surface area contributed by atoms with Crippen LogP contribution < -0.4 is 10.0 Å². The van der Waals surface area contributed by atoms with E-state index in [0.29, 0.717) is 18.1 Å². The number of hydrogen-bond acceptors (Lipinski definition) is 4. The highest BCUT2D eigenvalue weighted by Gasteiger charge is 2.15. The van der Waals surface area contributed by atoms with E-state index in [1.807, 2.05) is 24.4 Å². The number of nitrogens with one attached hydrogen (secondary N) is 2. The molecule has 1 aromatic carbocycles. The Morgan fingerprint density at radius 1 is 1.24 bits per heavy atom. The summed E-state index contributed by atoms with van der Waals surface area (Å²) in [7, 11) is -3.53. The van der Waals surface area contributed by atoms with E-state index in [0.717, 1.165) is 17.0 Å². The van der Waals surface area contributed by atoms with Crippen LogP contribution in [0.25, 0.3) is 0 Å². The van der Waals surface area contributed by atoms with Crippen LogP contribution in [0.15, 0.2) is 40.6 Å². The maximum Gasteiger partial charge on any atom is 0.240 e. The molecule has 0 saturated carbocycles. The maximum absolute atomic E-state index is 12.3. The smallest absolute Gasteiger partial charge is 0.240 e. The number of sulfonamides is 1. The van der Waals surface area contributed by atoms with Gasteiger partial charge in [0, 0.05) is 23.0 Å². The molecule has 4 nitrogen and oxygen atoms in total. The predicted molar refractivity (Wildman–Crippen MR) is 87.2 cm³/mol. The molecular formula is C14H17ClN2O2S2. The Bertz CT molecular complexity index is 685. The van der Waals surface area contributed by atoms with Gasteiger partial charge in [0.25, 0.3) is 0 Å². The molecule has 21 heavy (non-hydrogen) atoms. The number of thiophene rings is 1. The third kappa shape index (κ3) is 4.52. The summed E-state index contributed by atoms with van der Waals surface area (Å²) >= 11 is 7.60. The topological polar surface area (TPSA) is 58.2 Å². The first-order valence-corrected chi connectivity index (χ1v) is 9.28. The molecule has 0 bridgehead atoms. The summed E-state index contributed by atoms with van der Waals surface area (Å²) < 4.78 is 27.2. The van der Waals surface area contributed by atoms with E-state index < -0.39 is 10.0 Å². The van der Waals surface area contributed by atoms with Gasteiger partial charge in [-0.15, -0.1) is 11.3 Å². The molecule has 0 unspecified atom stereocenters. The van der Waals surface area contributed by atoms with E-state index in [-0.39, 0.29) is 4.90 Å². The molecule has 2 N–H and O–H groups in total. The second kappa shape index (κ2) is 7.38. The van der Waals surface area contributed by atoms with Crippen molar-refractivity contribution in [1.82, 2.24) is 10.0 Å². The molecule has 1 heterocycles. The Morgan fingerprint density at radius 2 is 2.05 bits per heavy atom. The van der Waals surface area contributed by atoms with Crippen molar-refractivity contribution >= 4 is 33.0 Å². The standard InChI is InChI=1S/C14H17ClN2O2S2/c1-2-16-9-11-8-13(5-6-14(11)15)21(18,19)17-10-12-4-3-7-20-12/h3-8,16-17H,2,9-10H2,1H3. The van der Waals surface area contributed by atoms with Crippen LogP contribution in [-0.2, 0) is 23.1 Å². The Balaban J connectivity index is 2.15. The largest absolute Gasteiger partial charge is 0.313 e. The zero-order valence-electron chi connectivity index (χ0n) is 11.6. The van der Waals surface area contributed by atoms with E-state index in [1.165, 1.54) is 17.4 Å². The van der Waals surface area contributed by atoms with E-state index in [2.05, 4.69) is 10.0 Å². The van der Waals surface area contributed by atoms with Gasteiger partial charge in [-0.05, 0) is 41.8 Å². The third-order valence-electron chi connectivity index (χ3n) is 2.91. The molecule has 1 aromatic heterocycles. The highest BCUT2D eigenvalue weighted by molar-refractivity contribution is 7.89. The first-order chi connectivity index (χ1) is 10.0. The van der Waals surface area contributed by atoms with Crippen LogP contribution >= 0.6 is 22.9 Å². The van der Waals surface area contributed by atoms with Gasteiger partial charge >= 0.3 is 0 Å². The predicted octanol–water partition coefficient (Wildman–Crippen LogP) is 2.99. The molecule has 0 aliphatic heterocycles. The number of halogens is 1. The van der Waals surface area contributed by atoms with E-state index in [9.17, 15) is 8.42 Å². The zero-order valence-corrected chi connectivity index (χ0v) is 14.0. The molecule has 7 heteroatoms. The van der Waals surface area contributed by atoms with Crippen molar-refractivity contribution in [1.29, 1.82) is 0 Å². The van der Waals surface area contributed by atoms with Crippen molar-refractivity contribution in [3.8, 4) is 0 Å². The molecule has 0 radical (unpaired) electrons. The number of hydrogen-bond donors (Lipinski definition) is 2. The quantitative estimate of drug-likeness (QED) is 0.811. The minimum Gasteiger partial charge on any atom is -0.313 e. The van der Waals surface area contributed by atoms with Gasteiger partial charge in [0.1, 0.15) is 0 Å². The molecule has 2 rings (SSSR count). The summed E-state index contributed by atoms with van der Waals surface area (Å²) in [6.07, 6.45) is 0. The van der Waals surface area contributed by atoms with Crippen molar-refractivity contribution in [2.75, 3.05) is 6.54 Å². The fraction of sp³-hybridized carbons (Fsp3) is 0.286. The molecular weight excluding hydrogens is 328 g/mol. The Hall–Kier alpha value is -0.920. The van der Waals surface area contributed by atoms with Crippen LogP contribution in [0.1, 0.15) is 17.4 Å². The molecule has 114 valence electrons. The van der Waals surface area contributed by atoms with Crippen molar-refractivity contribution in [2.24, 2.45) is 0 Å². The lowest BCUT2D eigenvalue weighted by Crippen LogP contribution is -2.23. The molecule has 0 aliphatic carbocycles. The van der Waals surface area contributed by atoms with Gasteiger partial charge in [0.05, 0.1) is 4.90 Å². The summed E-state index contributed by atoms with van der Waals surface area (Å²) in [6.45, 7) is 3.62. The molecule has 0 aliphatic rings. The second-order valence-electron chi connectivity index (χ2n) is 4.44. The fourth-order valence-corrected chi connectivity index (χ4v) is 3.75. The fourth-order valence-electron chi connectivity index (χ4n) is 1.78. The highest BCUT2D eigenvalue weighted by atomic mass is 35.5. The Labute approximate surface area is 134 Å². The summed E-state index contributed by atoms with van der Waals surface area (Å²) in [5.41, 5.74) is 0.775. The van der Waals surface area contributed by atoms with Gasteiger partial charge in [0.15, 0.2) is 0 Å². The normalized spacial score (nSPS) is 11.7. The van der Waals surface area contributed by atoms with Crippen molar-refractivity contribution in [3.05, 3.63) is 51.2 Å². The van der Waals surface area contributed by atoms with Gasteiger partial charge in [0.2, 0.25) is 10.0 Å². The Morgan fingerprint density at radius 3 is 2.71 bits per heavy atom. The van der Waals surface area contributed by atoms with Gasteiger partial charge in [-0.1, -0.05) is 24.6 Å². The lowest BCUT2D eigenvalue weighted by molar-refractivity contribution is 0.581. The summed E-state index contributed by atoms with van der Waals surface area (Å²) in [5, 5.41) is 5.62. The van der Waals surface area contributed by atoms with Crippen LogP contribution in [0.2, 0.25) is 5.02 Å². The lowest BCUT2D eigenvalue weighted by Gasteiger charge is -2.10. The van der Waals surface area contributed by atoms with Crippen molar-refractivity contribution < 1.29 is 8.42 Å². The van der Waals surface area contributed by atoms with Gasteiger partial charge in [-0.3, -0.25) is 0 Å². The van der Waals surface area contributed by atoms with Crippen molar-refractivity contribution in [3.63, 3.8) is 0 Å². The van der Waals surface area contributed by atoms with Crippen molar-refractivity contribution in [2.45, 2.75) is 24.9 Å². The minimum absolute atomic E-state index is 0.233. The summed E-state index contributed by atoms with van der Waals surface area (Å²) in [5.74, 6) is 0. The molecule has 2 aromatic rings. The van der Waals surface area contributed by atoms with Crippen LogP contribution in [-0.4, -0.2) is 15.0 Å². The summed E-state index contributed by atoms with van der Waals surface area (Å²) in [4.78, 5) is 1.21. The van der Waals surface area contributed by atoms with Gasteiger partial charge in [-0.25, -0.2) is 13.1 Å². The van der Waals surface area contributed by atoms with Crippen LogP contribution in [0.4, 0.5) is 0 Å². The van der Waals surface area contributed by atoms with Crippen LogP contribution in [0.3, 0.4) is 0 Å². The molecule has 0 saturated heterocycles.